The summed E-state index contributed by atoms with van der Waals surface area (Å²) in [5, 5.41) is 3.81. The number of likely N-dealkylation sites (tertiary alicyclic amines) is 1. The Hall–Kier alpha value is -0.340. The van der Waals surface area contributed by atoms with Crippen molar-refractivity contribution in [3.8, 4) is 0 Å². The van der Waals surface area contributed by atoms with E-state index in [9.17, 15) is 0 Å². The van der Waals surface area contributed by atoms with Crippen LogP contribution in [0.3, 0.4) is 0 Å². The lowest BCUT2D eigenvalue weighted by Crippen LogP contribution is -2.50. The molecular weight excluding hydrogens is 184 g/mol. The quantitative estimate of drug-likeness (QED) is 0.699. The zero-order valence-corrected chi connectivity index (χ0v) is 10.1. The minimum absolute atomic E-state index is 0.648. The molecule has 1 N–H and O–H groups in total. The Balaban J connectivity index is 1.83. The third-order valence-corrected chi connectivity index (χ3v) is 3.79. The molecule has 15 heavy (non-hydrogen) atoms. The van der Waals surface area contributed by atoms with Gasteiger partial charge >= 0.3 is 0 Å². The number of nitrogens with zero attached hydrogens (tertiary/aromatic N) is 1. The molecule has 2 rings (SSSR count). The van der Waals surface area contributed by atoms with Crippen molar-refractivity contribution in [1.82, 2.24) is 10.2 Å². The summed E-state index contributed by atoms with van der Waals surface area (Å²) in [5.41, 5.74) is 0. The van der Waals surface area contributed by atoms with Crippen molar-refractivity contribution in [3.63, 3.8) is 0 Å². The van der Waals surface area contributed by atoms with Crippen molar-refractivity contribution < 1.29 is 0 Å². The molecule has 2 aliphatic rings. The van der Waals surface area contributed by atoms with Gasteiger partial charge in [0.05, 0.1) is 0 Å². The van der Waals surface area contributed by atoms with Crippen LogP contribution in [0.2, 0.25) is 0 Å². The third kappa shape index (κ3) is 3.05. The Morgan fingerprint density at radius 2 is 2.20 bits per heavy atom. The van der Waals surface area contributed by atoms with E-state index in [1.54, 1.807) is 0 Å². The van der Waals surface area contributed by atoms with E-state index in [2.05, 4.69) is 36.3 Å². The Kier molecular flexibility index (Phi) is 3.81. The van der Waals surface area contributed by atoms with Gasteiger partial charge in [0.2, 0.25) is 0 Å². The van der Waals surface area contributed by atoms with Crippen molar-refractivity contribution in [3.05, 3.63) is 12.2 Å². The highest BCUT2D eigenvalue weighted by Gasteiger charge is 2.25. The summed E-state index contributed by atoms with van der Waals surface area (Å²) in [6.45, 7) is 4.87. The molecule has 1 aliphatic carbocycles. The van der Waals surface area contributed by atoms with Gasteiger partial charge in [-0.05, 0) is 45.2 Å². The maximum atomic E-state index is 3.81. The van der Waals surface area contributed by atoms with Gasteiger partial charge < -0.3 is 10.2 Å². The number of nitrogens with one attached hydrogen (secondary N) is 1. The first kappa shape index (κ1) is 11.2. The van der Waals surface area contributed by atoms with Gasteiger partial charge in [-0.15, -0.1) is 0 Å². The van der Waals surface area contributed by atoms with Crippen molar-refractivity contribution in [2.24, 2.45) is 5.92 Å². The fraction of sp³-hybridized carbons (Fsp3) is 0.846. The van der Waals surface area contributed by atoms with Crippen LogP contribution in [-0.2, 0) is 0 Å². The average molecular weight is 208 g/mol. The minimum atomic E-state index is 0.648. The summed E-state index contributed by atoms with van der Waals surface area (Å²) in [6, 6.07) is 1.38. The molecule has 2 nitrogen and oxygen atoms in total. The summed E-state index contributed by atoms with van der Waals surface area (Å²) < 4.78 is 0. The van der Waals surface area contributed by atoms with Crippen molar-refractivity contribution in [2.75, 3.05) is 20.1 Å². The number of hydrogen-bond acceptors (Lipinski definition) is 2. The highest BCUT2D eigenvalue weighted by Crippen LogP contribution is 2.18. The van der Waals surface area contributed by atoms with E-state index in [4.69, 9.17) is 0 Å². The molecule has 2 heteroatoms. The number of hydrogen-bond donors (Lipinski definition) is 1. The molecule has 86 valence electrons. The Labute approximate surface area is 93.7 Å². The predicted molar refractivity (Wildman–Crippen MR) is 65.0 cm³/mol. The smallest absolute Gasteiger partial charge is 0.0252 e. The molecule has 3 atom stereocenters. The summed E-state index contributed by atoms with van der Waals surface area (Å²) in [6.07, 6.45) is 9.98. The van der Waals surface area contributed by atoms with Gasteiger partial charge in [-0.1, -0.05) is 19.1 Å². The van der Waals surface area contributed by atoms with E-state index in [0.717, 1.165) is 12.0 Å². The Bertz CT molecular complexity index is 225. The van der Waals surface area contributed by atoms with Crippen LogP contribution in [0.4, 0.5) is 0 Å². The van der Waals surface area contributed by atoms with Crippen LogP contribution in [0.15, 0.2) is 12.2 Å². The monoisotopic (exact) mass is 208 g/mol. The van der Waals surface area contributed by atoms with Crippen LogP contribution in [0.25, 0.3) is 0 Å². The van der Waals surface area contributed by atoms with E-state index >= 15 is 0 Å². The van der Waals surface area contributed by atoms with Crippen LogP contribution < -0.4 is 5.32 Å². The van der Waals surface area contributed by atoms with Crippen LogP contribution >= 0.6 is 0 Å². The molecule has 0 aromatic heterocycles. The van der Waals surface area contributed by atoms with E-state index in [1.165, 1.54) is 38.8 Å². The Morgan fingerprint density at radius 3 is 2.87 bits per heavy atom. The van der Waals surface area contributed by atoms with Crippen LogP contribution in [-0.4, -0.2) is 37.1 Å². The summed E-state index contributed by atoms with van der Waals surface area (Å²) in [7, 11) is 2.23. The molecular formula is C13H24N2. The highest BCUT2D eigenvalue weighted by atomic mass is 15.1. The fourth-order valence-corrected chi connectivity index (χ4v) is 2.83. The second-order valence-corrected chi connectivity index (χ2v) is 5.27. The normalized spacial score (nSPS) is 38.1. The lowest BCUT2D eigenvalue weighted by molar-refractivity contribution is 0.168. The van der Waals surface area contributed by atoms with E-state index in [-0.39, 0.29) is 0 Å². The van der Waals surface area contributed by atoms with Gasteiger partial charge in [0.25, 0.3) is 0 Å². The van der Waals surface area contributed by atoms with Gasteiger partial charge in [-0.25, -0.2) is 0 Å². The molecule has 0 radical (unpaired) electrons. The molecule has 1 heterocycles. The average Bonchev–Trinajstić information content (AvgIpc) is 2.24. The summed E-state index contributed by atoms with van der Waals surface area (Å²) in [4.78, 5) is 2.44. The van der Waals surface area contributed by atoms with E-state index in [0.29, 0.717) is 6.04 Å². The van der Waals surface area contributed by atoms with Gasteiger partial charge in [-0.3, -0.25) is 0 Å². The van der Waals surface area contributed by atoms with Crippen LogP contribution in [0.5, 0.6) is 0 Å². The van der Waals surface area contributed by atoms with Crippen molar-refractivity contribution >= 4 is 0 Å². The molecule has 1 saturated heterocycles. The molecule has 0 bridgehead atoms. The summed E-state index contributed by atoms with van der Waals surface area (Å²) in [5.74, 6) is 0.791. The highest BCUT2D eigenvalue weighted by molar-refractivity contribution is 4.99. The molecule has 1 fully saturated rings. The molecule has 3 unspecified atom stereocenters. The number of allylic oxidation sites excluding steroid dienone is 1. The zero-order valence-electron chi connectivity index (χ0n) is 10.1. The van der Waals surface area contributed by atoms with Crippen LogP contribution in [0, 0.1) is 5.92 Å². The number of piperidine rings is 1. The summed E-state index contributed by atoms with van der Waals surface area (Å²) >= 11 is 0. The van der Waals surface area contributed by atoms with E-state index in [1.807, 2.05) is 0 Å². The second-order valence-electron chi connectivity index (χ2n) is 5.27. The maximum absolute atomic E-state index is 3.81. The topological polar surface area (TPSA) is 15.3 Å². The lowest BCUT2D eigenvalue weighted by atomic mass is 9.92. The van der Waals surface area contributed by atoms with Gasteiger partial charge in [0.15, 0.2) is 0 Å². The van der Waals surface area contributed by atoms with Gasteiger partial charge in [0, 0.05) is 18.6 Å². The van der Waals surface area contributed by atoms with Crippen molar-refractivity contribution in [1.29, 1.82) is 0 Å². The lowest BCUT2D eigenvalue weighted by Gasteiger charge is -2.37. The first-order valence-corrected chi connectivity index (χ1v) is 6.37. The zero-order chi connectivity index (χ0) is 10.7. The predicted octanol–water partition coefficient (Wildman–Crippen LogP) is 2.02. The standard InChI is InChI=1S/C13H24N2/c1-11-10-15(2)9-8-13(11)14-12-6-4-3-5-7-12/h4,6,11-14H,3,5,7-10H2,1-2H3. The maximum Gasteiger partial charge on any atom is 0.0252 e. The van der Waals surface area contributed by atoms with Gasteiger partial charge in [0.1, 0.15) is 0 Å². The third-order valence-electron chi connectivity index (χ3n) is 3.79. The molecule has 1 aliphatic heterocycles. The molecule has 0 aromatic carbocycles. The van der Waals surface area contributed by atoms with Gasteiger partial charge in [-0.2, -0.15) is 0 Å². The SMILES string of the molecule is CC1CN(C)CCC1NC1C=CCCC1. The minimum Gasteiger partial charge on any atom is -0.307 e. The van der Waals surface area contributed by atoms with E-state index < -0.39 is 0 Å². The first-order chi connectivity index (χ1) is 7.25. The molecule has 0 aromatic rings. The largest absolute Gasteiger partial charge is 0.307 e. The van der Waals surface area contributed by atoms with Crippen molar-refractivity contribution in [2.45, 2.75) is 44.7 Å². The fourth-order valence-electron chi connectivity index (χ4n) is 2.83. The molecule has 0 saturated carbocycles. The Morgan fingerprint density at radius 1 is 1.33 bits per heavy atom. The molecule has 0 spiro atoms. The van der Waals surface area contributed by atoms with Crippen LogP contribution in [0.1, 0.15) is 32.6 Å². The number of rotatable bonds is 2. The first-order valence-electron chi connectivity index (χ1n) is 6.37. The second kappa shape index (κ2) is 5.13. The molecule has 0 amide bonds.